The number of carbonyl (C=O) groups is 2. The molecule has 2 saturated carbocycles. The molecule has 2 aromatic carbocycles. The molecule has 1 saturated heterocycles. The molecule has 2 aliphatic carbocycles. The molecule has 0 radical (unpaired) electrons. The van der Waals surface area contributed by atoms with Crippen molar-refractivity contribution >= 4 is 12.1 Å². The molecule has 4 atom stereocenters. The fraction of sp³-hybridized carbons (Fsp3) is 0.548. The smallest absolute Gasteiger partial charge is 0.407 e. The van der Waals surface area contributed by atoms with Crippen LogP contribution in [0.1, 0.15) is 56.6 Å². The molecule has 1 unspecified atom stereocenters. The van der Waals surface area contributed by atoms with Gasteiger partial charge in [-0.3, -0.25) is 4.79 Å². The third kappa shape index (κ3) is 5.53. The van der Waals surface area contributed by atoms with Crippen molar-refractivity contribution in [1.29, 1.82) is 0 Å². The van der Waals surface area contributed by atoms with E-state index in [0.29, 0.717) is 12.8 Å². The average Bonchev–Trinajstić information content (AvgIpc) is 3.71. The summed E-state index contributed by atoms with van der Waals surface area (Å²) in [6, 6.07) is 17.8. The number of hydrogen-bond donors (Lipinski definition) is 1. The number of hydrogen-bond acceptors (Lipinski definition) is 5. The lowest BCUT2D eigenvalue weighted by atomic mass is 9.54. The number of quaternary nitrogens is 1. The number of likely N-dealkylation sites (tertiary alicyclic amines) is 1. The van der Waals surface area contributed by atoms with Crippen molar-refractivity contribution in [3.05, 3.63) is 65.7 Å². The minimum Gasteiger partial charge on any atom is -0.497 e. The lowest BCUT2D eigenvalue weighted by molar-refractivity contribution is -0.924. The number of nitrogens with zero attached hydrogens (tertiary/aromatic N) is 1. The van der Waals surface area contributed by atoms with Crippen LogP contribution in [0.15, 0.2) is 54.6 Å². The van der Waals surface area contributed by atoms with Gasteiger partial charge in [-0.15, -0.1) is 0 Å². The molecule has 204 valence electrons. The molecule has 2 aromatic rings. The minimum absolute atomic E-state index is 0.0894. The van der Waals surface area contributed by atoms with Crippen LogP contribution < -0.4 is 10.1 Å². The van der Waals surface area contributed by atoms with E-state index in [9.17, 15) is 9.59 Å². The van der Waals surface area contributed by atoms with Crippen LogP contribution in [0.3, 0.4) is 0 Å². The molecule has 1 aliphatic heterocycles. The number of esters is 1. The highest BCUT2D eigenvalue weighted by Gasteiger charge is 2.65. The van der Waals surface area contributed by atoms with Gasteiger partial charge in [0.15, 0.2) is 5.60 Å². The van der Waals surface area contributed by atoms with Crippen LogP contribution in [0.5, 0.6) is 5.75 Å². The van der Waals surface area contributed by atoms with Gasteiger partial charge in [0.25, 0.3) is 0 Å². The Balaban J connectivity index is 1.43. The fourth-order valence-electron chi connectivity index (χ4n) is 7.11. The number of methoxy groups -OCH3 is 1. The number of carbonyl (C=O) groups excluding carboxylic acids is 2. The van der Waals surface area contributed by atoms with Crippen LogP contribution in [-0.2, 0) is 26.3 Å². The molecular weight excluding hydrogens is 480 g/mol. The van der Waals surface area contributed by atoms with E-state index in [1.54, 1.807) is 7.11 Å². The fourth-order valence-corrected chi connectivity index (χ4v) is 7.11. The molecule has 7 heteroatoms. The second-order valence-corrected chi connectivity index (χ2v) is 11.9. The van der Waals surface area contributed by atoms with Crippen molar-refractivity contribution in [1.82, 2.24) is 5.32 Å². The maximum Gasteiger partial charge on any atom is 0.407 e. The zero-order valence-electron chi connectivity index (χ0n) is 22.9. The highest BCUT2D eigenvalue weighted by molar-refractivity contribution is 5.68. The van der Waals surface area contributed by atoms with Gasteiger partial charge in [-0.1, -0.05) is 42.5 Å². The first kappa shape index (κ1) is 26.5. The summed E-state index contributed by atoms with van der Waals surface area (Å²) < 4.78 is 18.5. The zero-order chi connectivity index (χ0) is 26.8. The number of rotatable bonds is 8. The number of benzene rings is 2. The van der Waals surface area contributed by atoms with E-state index in [0.717, 1.165) is 59.8 Å². The van der Waals surface area contributed by atoms with Gasteiger partial charge in [0.05, 0.1) is 27.2 Å². The quantitative estimate of drug-likeness (QED) is 0.392. The highest BCUT2D eigenvalue weighted by atomic mass is 16.6. The number of piperidine rings is 1. The Hall–Kier alpha value is -3.06. The van der Waals surface area contributed by atoms with Gasteiger partial charge in [0, 0.05) is 30.7 Å². The molecule has 5 rings (SSSR count). The molecule has 1 amide bonds. The first-order valence-electron chi connectivity index (χ1n) is 13.9. The van der Waals surface area contributed by atoms with E-state index in [1.165, 1.54) is 19.8 Å². The van der Waals surface area contributed by atoms with E-state index >= 15 is 0 Å². The summed E-state index contributed by atoms with van der Waals surface area (Å²) in [7, 11) is 4.00. The third-order valence-corrected chi connectivity index (χ3v) is 8.97. The highest BCUT2D eigenvalue weighted by Crippen LogP contribution is 2.55. The molecule has 1 N–H and O–H groups in total. The zero-order valence-corrected chi connectivity index (χ0v) is 22.9. The van der Waals surface area contributed by atoms with Gasteiger partial charge in [-0.2, -0.15) is 0 Å². The Morgan fingerprint density at radius 3 is 2.55 bits per heavy atom. The number of fused-ring (bicyclic) bond motifs is 1. The van der Waals surface area contributed by atoms with Crippen LogP contribution >= 0.6 is 0 Å². The maximum atomic E-state index is 12.8. The standard InChI is InChI=1S/C31H40N2O5/c1-23(34)38-31-15-14-27(32-29(35)37-21-25-8-5-4-6-9-25)19-30(31,26-10-7-11-28(18-26)36-3)16-17-33(2,22-31)20-24-12-13-24/h4-11,18,24,27H,12-17,19-22H2,1-3H3/p+1/t27-,30-,31?,33+/m0/s1. The van der Waals surface area contributed by atoms with Crippen LogP contribution in [0, 0.1) is 5.92 Å². The van der Waals surface area contributed by atoms with E-state index < -0.39 is 17.1 Å². The first-order chi connectivity index (χ1) is 18.2. The summed E-state index contributed by atoms with van der Waals surface area (Å²) in [5.74, 6) is 1.31. The third-order valence-electron chi connectivity index (χ3n) is 8.97. The number of ether oxygens (including phenoxy) is 3. The summed E-state index contributed by atoms with van der Waals surface area (Å²) in [6.45, 7) is 4.67. The summed E-state index contributed by atoms with van der Waals surface area (Å²) >= 11 is 0. The van der Waals surface area contributed by atoms with Crippen LogP contribution in [0.2, 0.25) is 0 Å². The van der Waals surface area contributed by atoms with Crippen molar-refractivity contribution in [3.8, 4) is 5.75 Å². The van der Waals surface area contributed by atoms with E-state index in [1.807, 2.05) is 42.5 Å². The Bertz CT molecular complexity index is 1150. The molecule has 7 nitrogen and oxygen atoms in total. The normalized spacial score (nSPS) is 30.6. The van der Waals surface area contributed by atoms with Crippen molar-refractivity contribution in [2.24, 2.45) is 5.92 Å². The number of likely N-dealkylation sites (N-methyl/N-ethyl adjacent to an activating group) is 1. The second kappa shape index (κ2) is 10.6. The molecule has 3 fully saturated rings. The van der Waals surface area contributed by atoms with Crippen molar-refractivity contribution in [2.45, 2.75) is 69.1 Å². The van der Waals surface area contributed by atoms with Crippen LogP contribution in [0.4, 0.5) is 4.79 Å². The molecule has 1 heterocycles. The van der Waals surface area contributed by atoms with Crippen LogP contribution in [-0.4, -0.2) is 62.0 Å². The lowest BCUT2D eigenvalue weighted by Gasteiger charge is -2.60. The summed E-state index contributed by atoms with van der Waals surface area (Å²) in [4.78, 5) is 25.5. The Morgan fingerprint density at radius 1 is 1.05 bits per heavy atom. The molecule has 0 bridgehead atoms. The van der Waals surface area contributed by atoms with Crippen molar-refractivity contribution in [3.63, 3.8) is 0 Å². The average molecular weight is 522 g/mol. The Morgan fingerprint density at radius 2 is 1.84 bits per heavy atom. The largest absolute Gasteiger partial charge is 0.497 e. The molecule has 38 heavy (non-hydrogen) atoms. The Kier molecular flexibility index (Phi) is 7.40. The molecule has 0 spiro atoms. The number of amides is 1. The number of nitrogens with one attached hydrogen (secondary N) is 1. The predicted octanol–water partition coefficient (Wildman–Crippen LogP) is 4.97. The van der Waals surface area contributed by atoms with Crippen molar-refractivity contribution < 1.29 is 28.3 Å². The molecule has 0 aromatic heterocycles. The second-order valence-electron chi connectivity index (χ2n) is 11.9. The first-order valence-corrected chi connectivity index (χ1v) is 13.9. The van der Waals surface area contributed by atoms with Gasteiger partial charge >= 0.3 is 12.1 Å². The predicted molar refractivity (Wildman–Crippen MR) is 145 cm³/mol. The lowest BCUT2D eigenvalue weighted by Crippen LogP contribution is -2.72. The SMILES string of the molecule is COc1cccc([C@@]23CC[N@+](C)(CC4CC4)CC2(OC(C)=O)CC[C@H](NC(=O)OCc2ccccc2)C3)c1. The maximum absolute atomic E-state index is 12.8. The molecular formula is C31H41N2O5+. The van der Waals surface area contributed by atoms with Gasteiger partial charge in [-0.25, -0.2) is 4.79 Å². The number of alkyl carbamates (subject to hydrolysis) is 1. The minimum atomic E-state index is -0.654. The monoisotopic (exact) mass is 521 g/mol. The summed E-state index contributed by atoms with van der Waals surface area (Å²) in [5.41, 5.74) is 0.969. The Labute approximate surface area is 226 Å². The van der Waals surface area contributed by atoms with Gasteiger partial charge in [-0.05, 0) is 55.4 Å². The van der Waals surface area contributed by atoms with Gasteiger partial charge < -0.3 is 24.0 Å². The van der Waals surface area contributed by atoms with Gasteiger partial charge in [0.2, 0.25) is 0 Å². The molecule has 3 aliphatic rings. The van der Waals surface area contributed by atoms with Crippen molar-refractivity contribution in [2.75, 3.05) is 33.8 Å². The summed E-state index contributed by atoms with van der Waals surface area (Å²) in [5, 5.41) is 3.14. The van der Waals surface area contributed by atoms with E-state index in [2.05, 4.69) is 24.5 Å². The van der Waals surface area contributed by atoms with E-state index in [-0.39, 0.29) is 18.6 Å². The summed E-state index contributed by atoms with van der Waals surface area (Å²) in [6.07, 6.45) is 5.14. The van der Waals surface area contributed by atoms with E-state index in [4.69, 9.17) is 14.2 Å². The van der Waals surface area contributed by atoms with Gasteiger partial charge in [0.1, 0.15) is 18.9 Å². The topological polar surface area (TPSA) is 73.9 Å². The van der Waals surface area contributed by atoms with Crippen LogP contribution in [0.25, 0.3) is 0 Å².